The van der Waals surface area contributed by atoms with Crippen molar-refractivity contribution in [3.8, 4) is 5.75 Å². The number of aliphatic imine (C=N–C) groups is 1. The SMILES string of the molecule is COc1ccccc1C(=O)Nc1ccc(C2C(C(=O)Nc3ccccc3)=C(C)N=C3SCCCN32)cc1. The molecule has 1 atom stereocenters. The summed E-state index contributed by atoms with van der Waals surface area (Å²) in [5.74, 6) is 1.11. The molecule has 1 saturated heterocycles. The lowest BCUT2D eigenvalue weighted by Crippen LogP contribution is -2.43. The van der Waals surface area contributed by atoms with Gasteiger partial charge in [-0.25, -0.2) is 4.99 Å². The van der Waals surface area contributed by atoms with E-state index in [-0.39, 0.29) is 17.9 Å². The highest BCUT2D eigenvalue weighted by Crippen LogP contribution is 2.40. The van der Waals surface area contributed by atoms with Crippen LogP contribution < -0.4 is 15.4 Å². The molecule has 0 aliphatic carbocycles. The maximum absolute atomic E-state index is 13.5. The molecular weight excluding hydrogens is 484 g/mol. The number of amides is 2. The van der Waals surface area contributed by atoms with Crippen LogP contribution in [-0.4, -0.2) is 41.3 Å². The number of benzene rings is 3. The molecule has 0 aromatic heterocycles. The van der Waals surface area contributed by atoms with E-state index in [1.807, 2.05) is 67.6 Å². The standard InChI is InChI=1S/C29H28N4O3S/c1-19-25(28(35)32-21-9-4-3-5-10-21)26(33-17-8-18-37-29(33)30-19)20-13-15-22(16-14-20)31-27(34)23-11-6-7-12-24(23)36-2/h3-7,9-16,26H,8,17-18H2,1-2H3,(H,31,34)(H,32,35). The Bertz CT molecular complexity index is 1370. The van der Waals surface area contributed by atoms with Gasteiger partial charge in [-0.1, -0.05) is 54.2 Å². The molecule has 7 nitrogen and oxygen atoms in total. The summed E-state index contributed by atoms with van der Waals surface area (Å²) in [5, 5.41) is 6.92. The van der Waals surface area contributed by atoms with Gasteiger partial charge < -0.3 is 20.3 Å². The van der Waals surface area contributed by atoms with Gasteiger partial charge in [-0.15, -0.1) is 0 Å². The predicted molar refractivity (Wildman–Crippen MR) is 149 cm³/mol. The van der Waals surface area contributed by atoms with Gasteiger partial charge >= 0.3 is 0 Å². The molecule has 1 fully saturated rings. The number of carbonyl (C=O) groups is 2. The highest BCUT2D eigenvalue weighted by molar-refractivity contribution is 8.13. The van der Waals surface area contributed by atoms with E-state index in [2.05, 4.69) is 15.5 Å². The van der Waals surface area contributed by atoms with E-state index in [1.54, 1.807) is 37.1 Å². The predicted octanol–water partition coefficient (Wildman–Crippen LogP) is 5.71. The quantitative estimate of drug-likeness (QED) is 0.442. The number of hydrogen-bond donors (Lipinski definition) is 2. The number of fused-ring (bicyclic) bond motifs is 1. The smallest absolute Gasteiger partial charge is 0.259 e. The van der Waals surface area contributed by atoms with Crippen LogP contribution in [0.1, 0.15) is 35.3 Å². The number of amidine groups is 1. The van der Waals surface area contributed by atoms with Crippen molar-refractivity contribution in [1.29, 1.82) is 0 Å². The van der Waals surface area contributed by atoms with E-state index in [4.69, 9.17) is 9.73 Å². The zero-order valence-corrected chi connectivity index (χ0v) is 21.5. The first-order chi connectivity index (χ1) is 18.0. The van der Waals surface area contributed by atoms with Crippen molar-refractivity contribution in [2.45, 2.75) is 19.4 Å². The molecule has 0 bridgehead atoms. The van der Waals surface area contributed by atoms with E-state index in [1.165, 1.54) is 0 Å². The van der Waals surface area contributed by atoms with Crippen LogP contribution in [0, 0.1) is 0 Å². The molecular formula is C29H28N4O3S. The largest absolute Gasteiger partial charge is 0.496 e. The van der Waals surface area contributed by atoms with Crippen LogP contribution in [0.15, 0.2) is 95.1 Å². The second kappa shape index (κ2) is 10.9. The van der Waals surface area contributed by atoms with Gasteiger partial charge in [0.15, 0.2) is 5.17 Å². The fourth-order valence-electron chi connectivity index (χ4n) is 4.60. The topological polar surface area (TPSA) is 83.0 Å². The Morgan fingerprint density at radius 1 is 0.919 bits per heavy atom. The molecule has 0 spiro atoms. The summed E-state index contributed by atoms with van der Waals surface area (Å²) in [6, 6.07) is 24.0. The lowest BCUT2D eigenvalue weighted by Gasteiger charge is -2.40. The van der Waals surface area contributed by atoms with Crippen molar-refractivity contribution >= 4 is 40.1 Å². The summed E-state index contributed by atoms with van der Waals surface area (Å²) in [6.45, 7) is 2.71. The molecule has 2 N–H and O–H groups in total. The minimum absolute atomic E-state index is 0.166. The number of thioether (sulfide) groups is 1. The number of nitrogens with zero attached hydrogens (tertiary/aromatic N) is 2. The summed E-state index contributed by atoms with van der Waals surface area (Å²) in [5.41, 5.74) is 4.17. The van der Waals surface area contributed by atoms with Crippen LogP contribution in [0.3, 0.4) is 0 Å². The first kappa shape index (κ1) is 24.6. The molecule has 0 saturated carbocycles. The minimum atomic E-state index is -0.275. The third-order valence-corrected chi connectivity index (χ3v) is 7.45. The summed E-state index contributed by atoms with van der Waals surface area (Å²) in [4.78, 5) is 33.4. The molecule has 3 aromatic rings. The van der Waals surface area contributed by atoms with E-state index < -0.39 is 0 Å². The molecule has 188 valence electrons. The molecule has 5 rings (SSSR count). The summed E-state index contributed by atoms with van der Waals surface area (Å²) < 4.78 is 5.32. The van der Waals surface area contributed by atoms with Crippen LogP contribution in [0.25, 0.3) is 0 Å². The highest BCUT2D eigenvalue weighted by atomic mass is 32.2. The van der Waals surface area contributed by atoms with Crippen molar-refractivity contribution < 1.29 is 14.3 Å². The van der Waals surface area contributed by atoms with Crippen LogP contribution in [0.5, 0.6) is 5.75 Å². The Balaban J connectivity index is 1.43. The Morgan fingerprint density at radius 2 is 1.59 bits per heavy atom. The van der Waals surface area contributed by atoms with Crippen molar-refractivity contribution in [2.24, 2.45) is 4.99 Å². The molecule has 2 aliphatic rings. The Kier molecular flexibility index (Phi) is 7.28. The Hall–Kier alpha value is -4.04. The van der Waals surface area contributed by atoms with Gasteiger partial charge in [-0.2, -0.15) is 0 Å². The number of para-hydroxylation sites is 2. The molecule has 2 heterocycles. The number of ether oxygens (including phenoxy) is 1. The number of rotatable bonds is 6. The van der Waals surface area contributed by atoms with E-state index in [0.717, 1.165) is 35.1 Å². The number of hydrogen-bond acceptors (Lipinski definition) is 6. The van der Waals surface area contributed by atoms with Crippen LogP contribution in [0.4, 0.5) is 11.4 Å². The Labute approximate surface area is 220 Å². The average molecular weight is 513 g/mol. The Morgan fingerprint density at radius 3 is 2.35 bits per heavy atom. The fourth-order valence-corrected chi connectivity index (χ4v) is 5.62. The van der Waals surface area contributed by atoms with Crippen molar-refractivity contribution in [2.75, 3.05) is 30.0 Å². The van der Waals surface area contributed by atoms with Crippen LogP contribution in [-0.2, 0) is 4.79 Å². The molecule has 37 heavy (non-hydrogen) atoms. The molecule has 2 amide bonds. The van der Waals surface area contributed by atoms with Gasteiger partial charge in [0.05, 0.1) is 30.0 Å². The maximum atomic E-state index is 13.5. The normalized spacial score (nSPS) is 17.0. The van der Waals surface area contributed by atoms with E-state index >= 15 is 0 Å². The third-order valence-electron chi connectivity index (χ3n) is 6.37. The fraction of sp³-hybridized carbons (Fsp3) is 0.207. The lowest BCUT2D eigenvalue weighted by molar-refractivity contribution is -0.113. The molecule has 1 unspecified atom stereocenters. The van der Waals surface area contributed by atoms with E-state index in [9.17, 15) is 9.59 Å². The summed E-state index contributed by atoms with van der Waals surface area (Å²) in [6.07, 6.45) is 1.01. The molecule has 3 aromatic carbocycles. The second-order valence-electron chi connectivity index (χ2n) is 8.79. The van der Waals surface area contributed by atoms with Gasteiger partial charge in [-0.05, 0) is 55.3 Å². The van der Waals surface area contributed by atoms with E-state index in [0.29, 0.717) is 28.3 Å². The summed E-state index contributed by atoms with van der Waals surface area (Å²) >= 11 is 1.72. The monoisotopic (exact) mass is 512 g/mol. The molecule has 2 aliphatic heterocycles. The zero-order valence-electron chi connectivity index (χ0n) is 20.7. The maximum Gasteiger partial charge on any atom is 0.259 e. The number of anilines is 2. The van der Waals surface area contributed by atoms with Crippen molar-refractivity contribution in [1.82, 2.24) is 4.90 Å². The molecule has 0 radical (unpaired) electrons. The van der Waals surface area contributed by atoms with Gasteiger partial charge in [0.2, 0.25) is 0 Å². The third kappa shape index (κ3) is 5.24. The zero-order chi connectivity index (χ0) is 25.8. The van der Waals surface area contributed by atoms with Gasteiger partial charge in [0.25, 0.3) is 11.8 Å². The number of nitrogens with one attached hydrogen (secondary N) is 2. The first-order valence-electron chi connectivity index (χ1n) is 12.1. The van der Waals surface area contributed by atoms with Gasteiger partial charge in [-0.3, -0.25) is 9.59 Å². The van der Waals surface area contributed by atoms with Crippen molar-refractivity contribution in [3.05, 3.63) is 101 Å². The summed E-state index contributed by atoms with van der Waals surface area (Å²) in [7, 11) is 1.54. The number of methoxy groups -OCH3 is 1. The van der Waals surface area contributed by atoms with Crippen molar-refractivity contribution in [3.63, 3.8) is 0 Å². The first-order valence-corrected chi connectivity index (χ1v) is 13.1. The average Bonchev–Trinajstić information content (AvgIpc) is 2.93. The highest BCUT2D eigenvalue weighted by Gasteiger charge is 2.37. The lowest BCUT2D eigenvalue weighted by atomic mass is 9.93. The molecule has 8 heteroatoms. The van der Waals surface area contributed by atoms with Crippen LogP contribution >= 0.6 is 11.8 Å². The minimum Gasteiger partial charge on any atom is -0.496 e. The van der Waals surface area contributed by atoms with Crippen LogP contribution in [0.2, 0.25) is 0 Å². The van der Waals surface area contributed by atoms with Gasteiger partial charge in [0.1, 0.15) is 5.75 Å². The number of carbonyl (C=O) groups excluding carboxylic acids is 2. The second-order valence-corrected chi connectivity index (χ2v) is 9.85. The van der Waals surface area contributed by atoms with Gasteiger partial charge in [0, 0.05) is 23.7 Å². The number of allylic oxidation sites excluding steroid dienone is 1.